The topological polar surface area (TPSA) is 80.9 Å². The minimum atomic E-state index is -0.644. The molecule has 0 amide bonds. The van der Waals surface area contributed by atoms with Crippen LogP contribution in [0.1, 0.15) is 125 Å². The minimum absolute atomic E-state index is 0.187. The van der Waals surface area contributed by atoms with Crippen molar-refractivity contribution < 1.29 is 20.4 Å². The van der Waals surface area contributed by atoms with Crippen LogP contribution in [0.15, 0.2) is 35.5 Å². The van der Waals surface area contributed by atoms with E-state index in [4.69, 9.17) is 0 Å². The summed E-state index contributed by atoms with van der Waals surface area (Å²) in [4.78, 5) is 0. The molecule has 0 spiro atoms. The standard InChI is InChI=1S/C33H56O4/c1-23-25(21-26(34)22-28(23)35)13-12-24-11-8-20-33(7)27(24)14-15-29(33)32(6,18-9-16-30(2,3)36)19-10-17-31(4,5)37/h12-13,26-29,34-37H,1,8-11,14-22H2,2-7H3/b24-12+,25-13-/t26?,27?,28-,29?,33-/m0/s1. The molecule has 4 heteroatoms. The maximum absolute atomic E-state index is 10.4. The molecule has 212 valence electrons. The van der Waals surface area contributed by atoms with E-state index in [9.17, 15) is 20.4 Å². The van der Waals surface area contributed by atoms with E-state index in [-0.39, 0.29) is 10.8 Å². The van der Waals surface area contributed by atoms with Gasteiger partial charge in [0, 0.05) is 6.42 Å². The second-order valence-corrected chi connectivity index (χ2v) is 14.6. The third-order valence-electron chi connectivity index (χ3n) is 10.1. The number of hydrogen-bond acceptors (Lipinski definition) is 4. The maximum Gasteiger partial charge on any atom is 0.0811 e. The summed E-state index contributed by atoms with van der Waals surface area (Å²) in [5, 5.41) is 41.2. The van der Waals surface area contributed by atoms with E-state index in [2.05, 4.69) is 32.6 Å². The Labute approximate surface area is 227 Å². The van der Waals surface area contributed by atoms with E-state index in [1.165, 1.54) is 31.3 Å². The van der Waals surface area contributed by atoms with Gasteiger partial charge in [0.05, 0.1) is 23.4 Å². The Morgan fingerprint density at radius 2 is 1.51 bits per heavy atom. The largest absolute Gasteiger partial charge is 0.393 e. The lowest BCUT2D eigenvalue weighted by molar-refractivity contribution is 0.00528. The van der Waals surface area contributed by atoms with Crippen molar-refractivity contribution in [2.75, 3.05) is 0 Å². The molecule has 5 atom stereocenters. The van der Waals surface area contributed by atoms with Crippen LogP contribution in [0.5, 0.6) is 0 Å². The summed E-state index contributed by atoms with van der Waals surface area (Å²) in [5.74, 6) is 1.19. The average molecular weight is 517 g/mol. The van der Waals surface area contributed by atoms with Gasteiger partial charge in [0.15, 0.2) is 0 Å². The molecule has 0 aromatic rings. The summed E-state index contributed by atoms with van der Waals surface area (Å²) in [7, 11) is 0. The van der Waals surface area contributed by atoms with E-state index in [0.29, 0.717) is 24.7 Å². The lowest BCUT2D eigenvalue weighted by atomic mass is 9.55. The average Bonchev–Trinajstić information content (AvgIpc) is 3.11. The molecule has 3 rings (SSSR count). The molecule has 3 aliphatic carbocycles. The van der Waals surface area contributed by atoms with Crippen molar-refractivity contribution in [1.82, 2.24) is 0 Å². The highest BCUT2D eigenvalue weighted by Crippen LogP contribution is 2.64. The van der Waals surface area contributed by atoms with Crippen LogP contribution in [0.2, 0.25) is 0 Å². The number of rotatable bonds is 10. The van der Waals surface area contributed by atoms with Crippen LogP contribution in [0.25, 0.3) is 0 Å². The van der Waals surface area contributed by atoms with Crippen molar-refractivity contribution in [2.45, 2.75) is 148 Å². The molecule has 0 saturated heterocycles. The van der Waals surface area contributed by atoms with Gasteiger partial charge < -0.3 is 20.4 Å². The molecule has 4 nitrogen and oxygen atoms in total. The van der Waals surface area contributed by atoms with E-state index in [1.807, 2.05) is 27.7 Å². The lowest BCUT2D eigenvalue weighted by Gasteiger charge is -2.50. The van der Waals surface area contributed by atoms with E-state index in [0.717, 1.165) is 56.1 Å². The van der Waals surface area contributed by atoms with Crippen LogP contribution in [0.3, 0.4) is 0 Å². The van der Waals surface area contributed by atoms with Gasteiger partial charge in [0.25, 0.3) is 0 Å². The van der Waals surface area contributed by atoms with Gasteiger partial charge in [0.1, 0.15) is 0 Å². The molecule has 4 N–H and O–H groups in total. The van der Waals surface area contributed by atoms with Crippen molar-refractivity contribution in [3.8, 4) is 0 Å². The summed E-state index contributed by atoms with van der Waals surface area (Å²) in [6.07, 6.45) is 16.2. The van der Waals surface area contributed by atoms with E-state index in [1.54, 1.807) is 0 Å². The Balaban J connectivity index is 1.83. The molecule has 3 saturated carbocycles. The van der Waals surface area contributed by atoms with Crippen LogP contribution in [0, 0.1) is 22.7 Å². The number of hydrogen-bond donors (Lipinski definition) is 4. The van der Waals surface area contributed by atoms with Crippen molar-refractivity contribution >= 4 is 0 Å². The Hall–Kier alpha value is -0.940. The highest BCUT2D eigenvalue weighted by Gasteiger charge is 2.54. The Kier molecular flexibility index (Phi) is 9.64. The highest BCUT2D eigenvalue weighted by atomic mass is 16.3. The van der Waals surface area contributed by atoms with Crippen LogP contribution >= 0.6 is 0 Å². The summed E-state index contributed by atoms with van der Waals surface area (Å²) in [6.45, 7) is 16.8. The summed E-state index contributed by atoms with van der Waals surface area (Å²) in [5.41, 5.74) is 2.46. The molecular formula is C33H56O4. The van der Waals surface area contributed by atoms with Gasteiger partial charge in [-0.05, 0) is 126 Å². The Bertz CT molecular complexity index is 835. The molecule has 0 bridgehead atoms. The summed E-state index contributed by atoms with van der Waals surface area (Å²) >= 11 is 0. The number of fused-ring (bicyclic) bond motifs is 1. The van der Waals surface area contributed by atoms with Crippen molar-refractivity contribution in [1.29, 1.82) is 0 Å². The van der Waals surface area contributed by atoms with E-state index < -0.39 is 23.4 Å². The molecule has 0 aromatic heterocycles. The predicted molar refractivity (Wildman–Crippen MR) is 153 cm³/mol. The number of aliphatic hydroxyl groups is 4. The second-order valence-electron chi connectivity index (χ2n) is 14.6. The first kappa shape index (κ1) is 30.6. The smallest absolute Gasteiger partial charge is 0.0811 e. The fourth-order valence-electron chi connectivity index (χ4n) is 8.17. The normalized spacial score (nSPS) is 33.8. The zero-order valence-corrected chi connectivity index (χ0v) is 24.7. The maximum atomic E-state index is 10.4. The quantitative estimate of drug-likeness (QED) is 0.252. The van der Waals surface area contributed by atoms with Crippen LogP contribution < -0.4 is 0 Å². The summed E-state index contributed by atoms with van der Waals surface area (Å²) in [6, 6.07) is 0. The van der Waals surface area contributed by atoms with Crippen molar-refractivity contribution in [3.05, 3.63) is 35.5 Å². The minimum Gasteiger partial charge on any atom is -0.393 e. The van der Waals surface area contributed by atoms with Gasteiger partial charge in [-0.25, -0.2) is 0 Å². The monoisotopic (exact) mass is 516 g/mol. The molecule has 37 heavy (non-hydrogen) atoms. The van der Waals surface area contributed by atoms with Gasteiger partial charge in [0.2, 0.25) is 0 Å². The molecule has 3 aliphatic rings. The molecular weight excluding hydrogens is 460 g/mol. The molecule has 0 aromatic carbocycles. The van der Waals surface area contributed by atoms with Crippen LogP contribution in [-0.2, 0) is 0 Å². The third kappa shape index (κ3) is 7.81. The zero-order chi connectivity index (χ0) is 27.6. The van der Waals surface area contributed by atoms with Crippen molar-refractivity contribution in [3.63, 3.8) is 0 Å². The number of allylic oxidation sites excluding steroid dienone is 3. The Morgan fingerprint density at radius 3 is 2.08 bits per heavy atom. The first-order valence-corrected chi connectivity index (χ1v) is 14.9. The first-order valence-electron chi connectivity index (χ1n) is 14.9. The third-order valence-corrected chi connectivity index (χ3v) is 10.1. The van der Waals surface area contributed by atoms with E-state index >= 15 is 0 Å². The molecule has 0 radical (unpaired) electrons. The Morgan fingerprint density at radius 1 is 0.919 bits per heavy atom. The van der Waals surface area contributed by atoms with Gasteiger partial charge in [-0.15, -0.1) is 0 Å². The molecule has 0 aliphatic heterocycles. The van der Waals surface area contributed by atoms with Crippen LogP contribution in [0.4, 0.5) is 0 Å². The SMILES string of the molecule is C=C1/C(=C\C=C2/CCC[C@@]3(C)C2CCC3C(C)(CCCC(C)(C)O)CCCC(C)(C)O)CC(O)C[C@@H]1O. The first-order chi connectivity index (χ1) is 17.0. The number of aliphatic hydroxyl groups excluding tert-OH is 2. The van der Waals surface area contributed by atoms with Crippen molar-refractivity contribution in [2.24, 2.45) is 22.7 Å². The zero-order valence-electron chi connectivity index (χ0n) is 24.7. The molecule has 3 unspecified atom stereocenters. The predicted octanol–water partition coefficient (Wildman–Crippen LogP) is 7.02. The highest BCUT2D eigenvalue weighted by molar-refractivity contribution is 5.38. The van der Waals surface area contributed by atoms with Gasteiger partial charge in [-0.1, -0.05) is 51.0 Å². The van der Waals surface area contributed by atoms with Gasteiger partial charge in [-0.3, -0.25) is 0 Å². The second kappa shape index (κ2) is 11.7. The fourth-order valence-corrected chi connectivity index (χ4v) is 8.17. The lowest BCUT2D eigenvalue weighted by Crippen LogP contribution is -2.41. The van der Waals surface area contributed by atoms with Gasteiger partial charge in [-0.2, -0.15) is 0 Å². The van der Waals surface area contributed by atoms with Gasteiger partial charge >= 0.3 is 0 Å². The van der Waals surface area contributed by atoms with Crippen LogP contribution in [-0.4, -0.2) is 43.8 Å². The summed E-state index contributed by atoms with van der Waals surface area (Å²) < 4.78 is 0. The molecule has 0 heterocycles. The fraction of sp³-hybridized carbons (Fsp3) is 0.818. The molecule has 3 fully saturated rings.